The van der Waals surface area contributed by atoms with E-state index in [0.717, 1.165) is 33.2 Å². The van der Waals surface area contributed by atoms with Gasteiger partial charge >= 0.3 is 0 Å². The second-order valence-electron chi connectivity index (χ2n) is 11.7. The lowest BCUT2D eigenvalue weighted by Crippen LogP contribution is -2.14. The number of aromatic amines is 1. The Kier molecular flexibility index (Phi) is 6.57. The van der Waals surface area contributed by atoms with Gasteiger partial charge in [0.2, 0.25) is 0 Å². The second-order valence-corrected chi connectivity index (χ2v) is 13.4. The number of ketones is 1. The highest BCUT2D eigenvalue weighted by molar-refractivity contribution is 7.92. The molecule has 1 aliphatic rings. The Bertz CT molecular complexity index is 1850. The Morgan fingerprint density at radius 1 is 0.902 bits per heavy atom. The molecule has 208 valence electrons. The predicted octanol–water partition coefficient (Wildman–Crippen LogP) is 8.06. The van der Waals surface area contributed by atoms with Gasteiger partial charge < -0.3 is 4.98 Å². The van der Waals surface area contributed by atoms with Gasteiger partial charge in [0.1, 0.15) is 5.82 Å². The molecular formula is C34H31FN2O3S. The first-order valence-electron chi connectivity index (χ1n) is 13.7. The van der Waals surface area contributed by atoms with Crippen LogP contribution in [-0.4, -0.2) is 19.2 Å². The van der Waals surface area contributed by atoms with Crippen LogP contribution in [0.4, 0.5) is 10.1 Å². The molecule has 0 aliphatic heterocycles. The average molecular weight is 567 g/mol. The van der Waals surface area contributed by atoms with Gasteiger partial charge in [-0.25, -0.2) is 12.8 Å². The van der Waals surface area contributed by atoms with Crippen LogP contribution in [0.1, 0.15) is 54.7 Å². The monoisotopic (exact) mass is 566 g/mol. The molecule has 6 rings (SSSR count). The number of halogens is 1. The van der Waals surface area contributed by atoms with Crippen LogP contribution in [0.5, 0.6) is 0 Å². The Balaban J connectivity index is 1.35. The third-order valence-electron chi connectivity index (χ3n) is 7.82. The van der Waals surface area contributed by atoms with Gasteiger partial charge in [0.25, 0.3) is 10.0 Å². The molecule has 0 spiro atoms. The van der Waals surface area contributed by atoms with Crippen molar-refractivity contribution >= 4 is 32.4 Å². The van der Waals surface area contributed by atoms with Crippen molar-refractivity contribution in [2.75, 3.05) is 4.72 Å². The van der Waals surface area contributed by atoms with Crippen molar-refractivity contribution in [1.82, 2.24) is 4.98 Å². The van der Waals surface area contributed by atoms with Crippen LogP contribution in [0.15, 0.2) is 102 Å². The van der Waals surface area contributed by atoms with Crippen molar-refractivity contribution < 1.29 is 17.6 Å². The van der Waals surface area contributed by atoms with E-state index in [1.807, 2.05) is 42.5 Å². The quantitative estimate of drug-likeness (QED) is 0.196. The Labute approximate surface area is 239 Å². The molecule has 2 atom stereocenters. The first-order chi connectivity index (χ1) is 19.5. The summed E-state index contributed by atoms with van der Waals surface area (Å²) in [7, 11) is -3.83. The summed E-state index contributed by atoms with van der Waals surface area (Å²) in [5, 5.41) is 0.752. The van der Waals surface area contributed by atoms with Crippen LogP contribution in [0, 0.1) is 11.7 Å². The van der Waals surface area contributed by atoms with E-state index in [-0.39, 0.29) is 33.7 Å². The molecule has 0 amide bonds. The SMILES string of the molecule is CC(C)(C)c1ccc(S(=O)(=O)Nc2ccc3[nH]c(C(=O)C4CC4c4ccc(F)cc4)c(-c4ccccc4)c3c2)cc1. The van der Waals surface area contributed by atoms with Crippen LogP contribution < -0.4 is 4.72 Å². The van der Waals surface area contributed by atoms with Crippen LogP contribution in [0.2, 0.25) is 0 Å². The summed E-state index contributed by atoms with van der Waals surface area (Å²) in [4.78, 5) is 17.3. The number of hydrogen-bond acceptors (Lipinski definition) is 3. The number of carbonyl (C=O) groups excluding carboxylic acids is 1. The van der Waals surface area contributed by atoms with Crippen molar-refractivity contribution in [3.8, 4) is 11.1 Å². The third-order valence-corrected chi connectivity index (χ3v) is 9.21. The molecule has 1 aliphatic carbocycles. The molecule has 5 nitrogen and oxygen atoms in total. The van der Waals surface area contributed by atoms with Gasteiger partial charge in [-0.2, -0.15) is 0 Å². The highest BCUT2D eigenvalue weighted by Gasteiger charge is 2.45. The van der Waals surface area contributed by atoms with Gasteiger partial charge in [-0.15, -0.1) is 0 Å². The Hall–Kier alpha value is -4.23. The number of hydrogen-bond donors (Lipinski definition) is 2. The first kappa shape index (κ1) is 27.0. The van der Waals surface area contributed by atoms with Crippen molar-refractivity contribution in [2.24, 2.45) is 5.92 Å². The van der Waals surface area contributed by atoms with E-state index in [0.29, 0.717) is 17.8 Å². The first-order valence-corrected chi connectivity index (χ1v) is 15.1. The van der Waals surface area contributed by atoms with Crippen molar-refractivity contribution in [2.45, 2.75) is 43.4 Å². The molecule has 0 radical (unpaired) electrons. The van der Waals surface area contributed by atoms with E-state index in [4.69, 9.17) is 0 Å². The summed E-state index contributed by atoms with van der Waals surface area (Å²) < 4.78 is 42.7. The van der Waals surface area contributed by atoms with Crippen LogP contribution >= 0.6 is 0 Å². The van der Waals surface area contributed by atoms with Gasteiger partial charge in [0.05, 0.1) is 10.6 Å². The minimum Gasteiger partial charge on any atom is -0.352 e. The van der Waals surface area contributed by atoms with Crippen molar-refractivity contribution in [3.05, 3.63) is 120 Å². The van der Waals surface area contributed by atoms with Crippen molar-refractivity contribution in [3.63, 3.8) is 0 Å². The maximum atomic E-state index is 13.8. The van der Waals surface area contributed by atoms with Gasteiger partial charge in [-0.1, -0.05) is 75.4 Å². The van der Waals surface area contributed by atoms with E-state index in [1.165, 1.54) is 12.1 Å². The van der Waals surface area contributed by atoms with Gasteiger partial charge in [-0.05, 0) is 76.9 Å². The van der Waals surface area contributed by atoms with Gasteiger partial charge in [0, 0.05) is 28.1 Å². The Morgan fingerprint density at radius 3 is 2.24 bits per heavy atom. The highest BCUT2D eigenvalue weighted by Crippen LogP contribution is 2.50. The van der Waals surface area contributed by atoms with Gasteiger partial charge in [0.15, 0.2) is 5.78 Å². The number of carbonyl (C=O) groups is 1. The fourth-order valence-corrected chi connectivity index (χ4v) is 6.49. The zero-order valence-electron chi connectivity index (χ0n) is 23.1. The lowest BCUT2D eigenvalue weighted by atomic mass is 9.87. The largest absolute Gasteiger partial charge is 0.352 e. The van der Waals surface area contributed by atoms with E-state index >= 15 is 0 Å². The molecule has 7 heteroatoms. The zero-order valence-corrected chi connectivity index (χ0v) is 23.9. The minimum atomic E-state index is -3.83. The molecule has 1 fully saturated rings. The molecule has 0 saturated heterocycles. The summed E-state index contributed by atoms with van der Waals surface area (Å²) in [6.45, 7) is 6.24. The average Bonchev–Trinajstić information content (AvgIpc) is 3.66. The summed E-state index contributed by atoms with van der Waals surface area (Å²) in [5.41, 5.74) is 5.16. The number of benzene rings is 4. The predicted molar refractivity (Wildman–Crippen MR) is 161 cm³/mol. The number of Topliss-reactive ketones (excluding diaryl/α,β-unsaturated/α-hetero) is 1. The maximum Gasteiger partial charge on any atom is 0.261 e. The van der Waals surface area contributed by atoms with E-state index in [1.54, 1.807) is 42.5 Å². The molecule has 2 unspecified atom stereocenters. The zero-order chi connectivity index (χ0) is 28.9. The standard InChI is InChI=1S/C34H31FN2O3S/c1-34(2,3)23-11-16-26(17-12-23)41(39,40)37-25-15-18-30-29(19-25)31(22-7-5-4-6-8-22)32(36-30)33(38)28-20-27(28)21-9-13-24(35)14-10-21/h4-19,27-28,36-37H,20H2,1-3H3. The van der Waals surface area contributed by atoms with Crippen LogP contribution in [-0.2, 0) is 15.4 Å². The lowest BCUT2D eigenvalue weighted by Gasteiger charge is -2.19. The number of aromatic nitrogens is 1. The number of fused-ring (bicyclic) bond motifs is 1. The van der Waals surface area contributed by atoms with Crippen LogP contribution in [0.25, 0.3) is 22.0 Å². The maximum absolute atomic E-state index is 13.8. The molecular weight excluding hydrogens is 535 g/mol. The molecule has 5 aromatic rings. The normalized spacial score (nSPS) is 17.0. The fourth-order valence-electron chi connectivity index (χ4n) is 5.44. The number of nitrogens with one attached hydrogen (secondary N) is 2. The van der Waals surface area contributed by atoms with Gasteiger partial charge in [-0.3, -0.25) is 9.52 Å². The molecule has 1 saturated carbocycles. The number of H-pyrrole nitrogens is 1. The number of anilines is 1. The molecule has 2 N–H and O–H groups in total. The molecule has 41 heavy (non-hydrogen) atoms. The van der Waals surface area contributed by atoms with E-state index < -0.39 is 10.0 Å². The van der Waals surface area contributed by atoms with Crippen molar-refractivity contribution in [1.29, 1.82) is 0 Å². The highest BCUT2D eigenvalue weighted by atomic mass is 32.2. The molecule has 4 aromatic carbocycles. The smallest absolute Gasteiger partial charge is 0.261 e. The molecule has 1 heterocycles. The fraction of sp³-hybridized carbons (Fsp3) is 0.206. The summed E-state index contributed by atoms with van der Waals surface area (Å²) in [6, 6.07) is 28.1. The number of sulfonamides is 1. The minimum absolute atomic E-state index is 0.00422. The van der Waals surface area contributed by atoms with E-state index in [9.17, 15) is 17.6 Å². The second kappa shape index (κ2) is 10.00. The molecule has 0 bridgehead atoms. The molecule has 1 aromatic heterocycles. The van der Waals surface area contributed by atoms with Crippen LogP contribution in [0.3, 0.4) is 0 Å². The topological polar surface area (TPSA) is 79.0 Å². The number of rotatable bonds is 7. The summed E-state index contributed by atoms with van der Waals surface area (Å²) >= 11 is 0. The summed E-state index contributed by atoms with van der Waals surface area (Å²) in [5.74, 6) is -0.460. The third kappa shape index (κ3) is 5.30. The lowest BCUT2D eigenvalue weighted by molar-refractivity contribution is 0.0962. The Morgan fingerprint density at radius 2 is 1.59 bits per heavy atom. The summed E-state index contributed by atoms with van der Waals surface area (Å²) in [6.07, 6.45) is 0.702. The van der Waals surface area contributed by atoms with E-state index in [2.05, 4.69) is 30.5 Å².